The van der Waals surface area contributed by atoms with Crippen molar-refractivity contribution in [3.05, 3.63) is 0 Å². The monoisotopic (exact) mass is 238 g/mol. The summed E-state index contributed by atoms with van der Waals surface area (Å²) in [5.74, 6) is 1.87. The van der Waals surface area contributed by atoms with Gasteiger partial charge in [0.1, 0.15) is 0 Å². The minimum atomic E-state index is 0.817. The van der Waals surface area contributed by atoms with Crippen LogP contribution < -0.4 is 5.32 Å². The first-order valence-electron chi connectivity index (χ1n) is 7.68. The zero-order valence-corrected chi connectivity index (χ0v) is 11.9. The highest BCUT2D eigenvalue weighted by Crippen LogP contribution is 2.36. The van der Waals surface area contributed by atoms with Crippen LogP contribution in [0.5, 0.6) is 0 Å². The summed E-state index contributed by atoms with van der Waals surface area (Å²) in [4.78, 5) is 2.81. The first-order valence-corrected chi connectivity index (χ1v) is 7.68. The first-order chi connectivity index (χ1) is 8.22. The Morgan fingerprint density at radius 3 is 2.59 bits per heavy atom. The van der Waals surface area contributed by atoms with Gasteiger partial charge in [-0.1, -0.05) is 13.8 Å². The third kappa shape index (κ3) is 3.23. The molecule has 1 aliphatic carbocycles. The molecule has 1 N–H and O–H groups in total. The average molecular weight is 238 g/mol. The maximum atomic E-state index is 3.60. The van der Waals surface area contributed by atoms with E-state index in [1.54, 1.807) is 0 Å². The zero-order valence-electron chi connectivity index (χ0n) is 11.9. The fourth-order valence-corrected chi connectivity index (χ4v) is 3.61. The van der Waals surface area contributed by atoms with Crippen LogP contribution in [0.1, 0.15) is 52.9 Å². The van der Waals surface area contributed by atoms with Gasteiger partial charge in [-0.15, -0.1) is 0 Å². The van der Waals surface area contributed by atoms with Crippen molar-refractivity contribution in [1.29, 1.82) is 0 Å². The highest BCUT2D eigenvalue weighted by Gasteiger charge is 2.38. The summed E-state index contributed by atoms with van der Waals surface area (Å²) in [5.41, 5.74) is 0. The van der Waals surface area contributed by atoms with E-state index in [0.29, 0.717) is 0 Å². The molecule has 2 fully saturated rings. The lowest BCUT2D eigenvalue weighted by molar-refractivity contribution is 0.00216. The van der Waals surface area contributed by atoms with E-state index in [-0.39, 0.29) is 0 Å². The van der Waals surface area contributed by atoms with Crippen LogP contribution in [0.3, 0.4) is 0 Å². The maximum Gasteiger partial charge on any atom is 0.0139 e. The fourth-order valence-electron chi connectivity index (χ4n) is 3.61. The highest BCUT2D eigenvalue weighted by atomic mass is 15.2. The minimum Gasteiger partial charge on any atom is -0.316 e. The Labute approximate surface area is 107 Å². The number of piperidine rings is 1. The molecule has 100 valence electrons. The van der Waals surface area contributed by atoms with Crippen molar-refractivity contribution < 1.29 is 0 Å². The molecule has 4 unspecified atom stereocenters. The Morgan fingerprint density at radius 1 is 1.18 bits per heavy atom. The first kappa shape index (κ1) is 13.4. The van der Waals surface area contributed by atoms with E-state index in [9.17, 15) is 0 Å². The van der Waals surface area contributed by atoms with Gasteiger partial charge < -0.3 is 5.32 Å². The lowest BCUT2D eigenvalue weighted by Gasteiger charge is -2.50. The molecule has 1 aliphatic heterocycles. The van der Waals surface area contributed by atoms with Crippen LogP contribution in [0.25, 0.3) is 0 Å². The van der Waals surface area contributed by atoms with Crippen molar-refractivity contribution in [3.63, 3.8) is 0 Å². The van der Waals surface area contributed by atoms with Gasteiger partial charge in [0.2, 0.25) is 0 Å². The van der Waals surface area contributed by atoms with Gasteiger partial charge in [0.05, 0.1) is 0 Å². The fraction of sp³-hybridized carbons (Fsp3) is 1.00. The van der Waals surface area contributed by atoms with Crippen LogP contribution in [0.2, 0.25) is 0 Å². The molecule has 4 atom stereocenters. The number of hydrogen-bond acceptors (Lipinski definition) is 2. The molecule has 1 saturated heterocycles. The molecule has 0 spiro atoms. The molecule has 0 amide bonds. The molecule has 1 saturated carbocycles. The van der Waals surface area contributed by atoms with Crippen molar-refractivity contribution >= 4 is 0 Å². The molecule has 2 rings (SSSR count). The molecule has 0 aromatic heterocycles. The number of nitrogens with one attached hydrogen (secondary N) is 1. The van der Waals surface area contributed by atoms with E-state index < -0.39 is 0 Å². The maximum absolute atomic E-state index is 3.60. The average Bonchev–Trinajstić information content (AvgIpc) is 2.26. The van der Waals surface area contributed by atoms with Crippen molar-refractivity contribution in [2.24, 2.45) is 11.8 Å². The lowest BCUT2D eigenvalue weighted by Crippen LogP contribution is -2.55. The Kier molecular flexibility index (Phi) is 4.87. The standard InChI is InChI=1S/C15H30N2/c1-4-8-16-11-14-5-6-15(14)17-9-7-12(2)10-13(17)3/h12-16H,4-11H2,1-3H3. The quantitative estimate of drug-likeness (QED) is 0.741. The van der Waals surface area contributed by atoms with Gasteiger partial charge >= 0.3 is 0 Å². The smallest absolute Gasteiger partial charge is 0.0139 e. The highest BCUT2D eigenvalue weighted by molar-refractivity contribution is 4.93. The van der Waals surface area contributed by atoms with Crippen LogP contribution in [0.15, 0.2) is 0 Å². The molecule has 17 heavy (non-hydrogen) atoms. The Balaban J connectivity index is 1.77. The van der Waals surface area contributed by atoms with Crippen LogP contribution >= 0.6 is 0 Å². The van der Waals surface area contributed by atoms with Crippen LogP contribution in [0.4, 0.5) is 0 Å². The SMILES string of the molecule is CCCNCC1CCC1N1CCC(C)CC1C. The van der Waals surface area contributed by atoms with Crippen LogP contribution in [0, 0.1) is 11.8 Å². The summed E-state index contributed by atoms with van der Waals surface area (Å²) in [6, 6.07) is 1.71. The van der Waals surface area contributed by atoms with E-state index in [2.05, 4.69) is 31.0 Å². The zero-order chi connectivity index (χ0) is 12.3. The second-order valence-corrected chi connectivity index (χ2v) is 6.33. The van der Waals surface area contributed by atoms with Gasteiger partial charge in [0.15, 0.2) is 0 Å². The van der Waals surface area contributed by atoms with Crippen molar-refractivity contribution in [3.8, 4) is 0 Å². The van der Waals surface area contributed by atoms with Crippen molar-refractivity contribution in [1.82, 2.24) is 10.2 Å². The second kappa shape index (κ2) is 6.19. The van der Waals surface area contributed by atoms with Gasteiger partial charge in [-0.3, -0.25) is 4.90 Å². The molecule has 1 heterocycles. The molecular weight excluding hydrogens is 208 g/mol. The third-order valence-corrected chi connectivity index (χ3v) is 4.83. The van der Waals surface area contributed by atoms with E-state index in [4.69, 9.17) is 0 Å². The van der Waals surface area contributed by atoms with Crippen molar-refractivity contribution in [2.75, 3.05) is 19.6 Å². The van der Waals surface area contributed by atoms with Crippen LogP contribution in [-0.2, 0) is 0 Å². The van der Waals surface area contributed by atoms with Gasteiger partial charge in [0.25, 0.3) is 0 Å². The molecule has 2 heteroatoms. The summed E-state index contributed by atoms with van der Waals surface area (Å²) >= 11 is 0. The van der Waals surface area contributed by atoms with E-state index in [1.807, 2.05) is 0 Å². The largest absolute Gasteiger partial charge is 0.316 e. The number of hydrogen-bond donors (Lipinski definition) is 1. The number of likely N-dealkylation sites (tertiary alicyclic amines) is 1. The van der Waals surface area contributed by atoms with E-state index in [0.717, 1.165) is 23.9 Å². The topological polar surface area (TPSA) is 15.3 Å². The van der Waals surface area contributed by atoms with Gasteiger partial charge in [-0.05, 0) is 70.5 Å². The molecule has 0 aromatic carbocycles. The predicted octanol–water partition coefficient (Wildman–Crippen LogP) is 2.89. The molecule has 0 aromatic rings. The molecule has 2 aliphatic rings. The molecule has 0 radical (unpaired) electrons. The van der Waals surface area contributed by atoms with Gasteiger partial charge in [-0.25, -0.2) is 0 Å². The summed E-state index contributed by atoms with van der Waals surface area (Å²) in [6.07, 6.45) is 6.97. The molecule has 2 nitrogen and oxygen atoms in total. The molecule has 0 bridgehead atoms. The van der Waals surface area contributed by atoms with Crippen LogP contribution in [-0.4, -0.2) is 36.6 Å². The normalized spacial score (nSPS) is 39.0. The second-order valence-electron chi connectivity index (χ2n) is 6.33. The Bertz CT molecular complexity index is 229. The van der Waals surface area contributed by atoms with Gasteiger partial charge in [0, 0.05) is 12.1 Å². The van der Waals surface area contributed by atoms with Crippen molar-refractivity contribution in [2.45, 2.75) is 65.0 Å². The summed E-state index contributed by atoms with van der Waals surface area (Å²) in [5, 5.41) is 3.60. The van der Waals surface area contributed by atoms with E-state index in [1.165, 1.54) is 51.7 Å². The molecular formula is C15H30N2. The van der Waals surface area contributed by atoms with E-state index >= 15 is 0 Å². The third-order valence-electron chi connectivity index (χ3n) is 4.83. The number of nitrogens with zero attached hydrogens (tertiary/aromatic N) is 1. The summed E-state index contributed by atoms with van der Waals surface area (Å²) in [7, 11) is 0. The van der Waals surface area contributed by atoms with Gasteiger partial charge in [-0.2, -0.15) is 0 Å². The minimum absolute atomic E-state index is 0.817. The summed E-state index contributed by atoms with van der Waals surface area (Å²) in [6.45, 7) is 10.9. The lowest BCUT2D eigenvalue weighted by atomic mass is 9.76. The Hall–Kier alpha value is -0.0800. The predicted molar refractivity (Wildman–Crippen MR) is 74.2 cm³/mol. The Morgan fingerprint density at radius 2 is 2.00 bits per heavy atom. The summed E-state index contributed by atoms with van der Waals surface area (Å²) < 4.78 is 0. The number of rotatable bonds is 5.